The van der Waals surface area contributed by atoms with E-state index in [0.29, 0.717) is 10.9 Å². The number of aromatic nitrogens is 3. The molecule has 0 radical (unpaired) electrons. The highest BCUT2D eigenvalue weighted by atomic mass is 32.2. The van der Waals surface area contributed by atoms with Crippen molar-refractivity contribution >= 4 is 28.8 Å². The number of aromatic amines is 1. The molecule has 3 rings (SSSR count). The van der Waals surface area contributed by atoms with Gasteiger partial charge in [0.05, 0.1) is 11.1 Å². The Hall–Kier alpha value is -2.34. The first-order valence-corrected chi connectivity index (χ1v) is 7.39. The molecule has 0 bridgehead atoms. The summed E-state index contributed by atoms with van der Waals surface area (Å²) in [4.78, 5) is 23.0. The van der Waals surface area contributed by atoms with Gasteiger partial charge >= 0.3 is 5.97 Å². The van der Waals surface area contributed by atoms with Crippen LogP contribution >= 0.6 is 11.8 Å². The molecular weight excluding hydrogens is 286 g/mol. The zero-order valence-corrected chi connectivity index (χ0v) is 12.1. The minimum Gasteiger partial charge on any atom is -0.481 e. The number of thioether (sulfide) groups is 1. The van der Waals surface area contributed by atoms with E-state index in [2.05, 4.69) is 15.0 Å². The summed E-state index contributed by atoms with van der Waals surface area (Å²) < 4.78 is 0. The van der Waals surface area contributed by atoms with Crippen molar-refractivity contribution in [1.82, 2.24) is 15.0 Å². The summed E-state index contributed by atoms with van der Waals surface area (Å²) in [6.07, 6.45) is 0. The molecule has 106 valence electrons. The molecule has 0 unspecified atom stereocenters. The Morgan fingerprint density at radius 2 is 2.05 bits per heavy atom. The average molecular weight is 299 g/mol. The number of fused-ring (bicyclic) bond motifs is 1. The number of benzene rings is 1. The molecule has 3 aromatic rings. The van der Waals surface area contributed by atoms with E-state index in [9.17, 15) is 4.79 Å². The molecule has 1 aromatic carbocycles. The van der Waals surface area contributed by atoms with Crippen LogP contribution in [0.15, 0.2) is 41.4 Å². The average Bonchev–Trinajstić information content (AvgIpc) is 2.85. The van der Waals surface area contributed by atoms with Crippen molar-refractivity contribution in [2.45, 2.75) is 11.9 Å². The van der Waals surface area contributed by atoms with E-state index in [1.54, 1.807) is 0 Å². The van der Waals surface area contributed by atoms with Gasteiger partial charge in [0.15, 0.2) is 5.82 Å². The van der Waals surface area contributed by atoms with Crippen LogP contribution in [0, 0.1) is 6.92 Å². The molecule has 21 heavy (non-hydrogen) atoms. The van der Waals surface area contributed by atoms with Gasteiger partial charge in [-0.05, 0) is 13.0 Å². The van der Waals surface area contributed by atoms with E-state index in [-0.39, 0.29) is 5.75 Å². The summed E-state index contributed by atoms with van der Waals surface area (Å²) in [5.41, 5.74) is 2.61. The topological polar surface area (TPSA) is 78.9 Å². The molecule has 0 saturated carbocycles. The Balaban J connectivity index is 2.12. The fourth-order valence-corrected chi connectivity index (χ4v) is 2.79. The van der Waals surface area contributed by atoms with Crippen LogP contribution in [-0.4, -0.2) is 31.8 Å². The second kappa shape index (κ2) is 5.57. The predicted octanol–water partition coefficient (Wildman–Crippen LogP) is 3.11. The molecule has 2 aromatic heterocycles. The number of hydrogen-bond acceptors (Lipinski definition) is 4. The third kappa shape index (κ3) is 2.90. The van der Waals surface area contributed by atoms with E-state index in [0.717, 1.165) is 22.3 Å². The predicted molar refractivity (Wildman–Crippen MR) is 82.4 cm³/mol. The molecule has 0 amide bonds. The van der Waals surface area contributed by atoms with Gasteiger partial charge in [-0.25, -0.2) is 9.97 Å². The van der Waals surface area contributed by atoms with E-state index in [1.165, 1.54) is 11.8 Å². The summed E-state index contributed by atoms with van der Waals surface area (Å²) in [5.74, 6) is -0.289. The first kappa shape index (κ1) is 13.6. The number of carbonyl (C=O) groups is 1. The second-order valence-electron chi connectivity index (χ2n) is 4.62. The van der Waals surface area contributed by atoms with Crippen molar-refractivity contribution in [2.24, 2.45) is 0 Å². The summed E-state index contributed by atoms with van der Waals surface area (Å²) in [5, 5.41) is 10.4. The Morgan fingerprint density at radius 3 is 2.76 bits per heavy atom. The van der Waals surface area contributed by atoms with Gasteiger partial charge in [-0.1, -0.05) is 42.1 Å². The standard InChI is InChI=1S/C15H13N3O2S/c1-9-7-11-14(16-9)17-13(10-5-3-2-4-6-10)18-15(11)21-8-12(19)20/h2-7H,8H2,1H3,(H,19,20)(H,16,17,18). The molecule has 0 spiro atoms. The van der Waals surface area contributed by atoms with Crippen molar-refractivity contribution < 1.29 is 9.90 Å². The summed E-state index contributed by atoms with van der Waals surface area (Å²) in [6, 6.07) is 11.6. The number of rotatable bonds is 4. The summed E-state index contributed by atoms with van der Waals surface area (Å²) >= 11 is 1.21. The smallest absolute Gasteiger partial charge is 0.313 e. The molecular formula is C15H13N3O2S. The highest BCUT2D eigenvalue weighted by Crippen LogP contribution is 2.28. The lowest BCUT2D eigenvalue weighted by atomic mass is 10.2. The van der Waals surface area contributed by atoms with Gasteiger partial charge in [0.25, 0.3) is 0 Å². The van der Waals surface area contributed by atoms with Gasteiger partial charge in [-0.2, -0.15) is 0 Å². The Kier molecular flexibility index (Phi) is 3.62. The maximum atomic E-state index is 10.8. The van der Waals surface area contributed by atoms with Crippen molar-refractivity contribution in [2.75, 3.05) is 5.75 Å². The normalized spacial score (nSPS) is 10.9. The van der Waals surface area contributed by atoms with Crippen LogP contribution in [0.5, 0.6) is 0 Å². The van der Waals surface area contributed by atoms with Gasteiger partial charge in [-0.15, -0.1) is 0 Å². The van der Waals surface area contributed by atoms with Crippen LogP contribution in [0.1, 0.15) is 5.69 Å². The van der Waals surface area contributed by atoms with Crippen LogP contribution in [0.4, 0.5) is 0 Å². The number of H-pyrrole nitrogens is 1. The van der Waals surface area contributed by atoms with Gasteiger partial charge in [0.1, 0.15) is 10.7 Å². The third-order valence-electron chi connectivity index (χ3n) is 2.95. The first-order chi connectivity index (χ1) is 10.1. The maximum Gasteiger partial charge on any atom is 0.313 e. The lowest BCUT2D eigenvalue weighted by molar-refractivity contribution is -0.133. The Labute approximate surface area is 125 Å². The molecule has 0 fully saturated rings. The SMILES string of the molecule is Cc1cc2c(SCC(=O)O)nc(-c3ccccc3)nc2[nH]1. The summed E-state index contributed by atoms with van der Waals surface area (Å²) in [7, 11) is 0. The zero-order valence-electron chi connectivity index (χ0n) is 11.3. The molecule has 0 saturated heterocycles. The van der Waals surface area contributed by atoms with Crippen molar-refractivity contribution in [3.05, 3.63) is 42.1 Å². The Morgan fingerprint density at radius 1 is 1.29 bits per heavy atom. The van der Waals surface area contributed by atoms with Crippen molar-refractivity contribution in [3.63, 3.8) is 0 Å². The number of carboxylic acids is 1. The molecule has 0 aliphatic heterocycles. The monoisotopic (exact) mass is 299 g/mol. The molecule has 2 N–H and O–H groups in total. The number of nitrogens with one attached hydrogen (secondary N) is 1. The van der Waals surface area contributed by atoms with E-state index >= 15 is 0 Å². The molecule has 0 atom stereocenters. The summed E-state index contributed by atoms with van der Waals surface area (Å²) in [6.45, 7) is 1.94. The minimum absolute atomic E-state index is 0.0232. The van der Waals surface area contributed by atoms with Gasteiger partial charge in [0, 0.05) is 11.3 Å². The molecule has 2 heterocycles. The van der Waals surface area contributed by atoms with Crippen LogP contribution in [0.3, 0.4) is 0 Å². The van der Waals surface area contributed by atoms with Crippen LogP contribution in [0.25, 0.3) is 22.4 Å². The van der Waals surface area contributed by atoms with Gasteiger partial charge in [-0.3, -0.25) is 4.79 Å². The number of aryl methyl sites for hydroxylation is 1. The highest BCUT2D eigenvalue weighted by Gasteiger charge is 2.13. The maximum absolute atomic E-state index is 10.8. The largest absolute Gasteiger partial charge is 0.481 e. The minimum atomic E-state index is -0.861. The van der Waals surface area contributed by atoms with Crippen LogP contribution in [0.2, 0.25) is 0 Å². The van der Waals surface area contributed by atoms with Crippen LogP contribution in [-0.2, 0) is 4.79 Å². The lowest BCUT2D eigenvalue weighted by Crippen LogP contribution is -1.99. The number of aliphatic carboxylic acids is 1. The number of hydrogen-bond donors (Lipinski definition) is 2. The first-order valence-electron chi connectivity index (χ1n) is 6.41. The molecule has 5 nitrogen and oxygen atoms in total. The number of carboxylic acid groups (broad SMARTS) is 1. The molecule has 0 aliphatic rings. The third-order valence-corrected chi connectivity index (χ3v) is 3.93. The van der Waals surface area contributed by atoms with E-state index in [4.69, 9.17) is 5.11 Å². The second-order valence-corrected chi connectivity index (χ2v) is 5.58. The van der Waals surface area contributed by atoms with Crippen molar-refractivity contribution in [1.29, 1.82) is 0 Å². The van der Waals surface area contributed by atoms with Crippen LogP contribution < -0.4 is 0 Å². The fourth-order valence-electron chi connectivity index (χ4n) is 2.07. The zero-order chi connectivity index (χ0) is 14.8. The quantitative estimate of drug-likeness (QED) is 0.571. The van der Waals surface area contributed by atoms with Gasteiger partial charge in [0.2, 0.25) is 0 Å². The lowest BCUT2D eigenvalue weighted by Gasteiger charge is -2.05. The fraction of sp³-hybridized carbons (Fsp3) is 0.133. The van der Waals surface area contributed by atoms with Gasteiger partial charge < -0.3 is 10.1 Å². The molecule has 0 aliphatic carbocycles. The Bertz CT molecular complexity index is 799. The van der Waals surface area contributed by atoms with Crippen molar-refractivity contribution in [3.8, 4) is 11.4 Å². The highest BCUT2D eigenvalue weighted by molar-refractivity contribution is 8.00. The number of nitrogens with zero attached hydrogens (tertiary/aromatic N) is 2. The molecule has 6 heteroatoms. The van der Waals surface area contributed by atoms with E-state index < -0.39 is 5.97 Å². The van der Waals surface area contributed by atoms with E-state index in [1.807, 2.05) is 43.3 Å².